The van der Waals surface area contributed by atoms with Gasteiger partial charge in [0.15, 0.2) is 0 Å². The van der Waals surface area contributed by atoms with Crippen LogP contribution in [-0.4, -0.2) is 34.2 Å². The van der Waals surface area contributed by atoms with Crippen molar-refractivity contribution in [1.82, 2.24) is 9.47 Å². The Morgan fingerprint density at radius 3 is 2.79 bits per heavy atom. The van der Waals surface area contributed by atoms with Gasteiger partial charge in [0.05, 0.1) is 0 Å². The molecule has 1 amide bonds. The SMILES string of the molecule is Cn1cccc(C(=O)N2CCSC(c3ccccc3Cl)CC2)c1=O. The first-order valence-electron chi connectivity index (χ1n) is 7.89. The second-order valence-electron chi connectivity index (χ2n) is 5.80. The first kappa shape index (κ1) is 17.1. The van der Waals surface area contributed by atoms with Crippen LogP contribution in [0.15, 0.2) is 47.4 Å². The van der Waals surface area contributed by atoms with E-state index in [2.05, 4.69) is 0 Å². The second kappa shape index (κ2) is 7.45. The molecule has 24 heavy (non-hydrogen) atoms. The average Bonchev–Trinajstić information content (AvgIpc) is 2.83. The van der Waals surface area contributed by atoms with E-state index in [0.29, 0.717) is 13.1 Å². The number of nitrogens with zero attached hydrogens (tertiary/aromatic N) is 2. The summed E-state index contributed by atoms with van der Waals surface area (Å²) in [6, 6.07) is 11.2. The van der Waals surface area contributed by atoms with E-state index in [0.717, 1.165) is 22.8 Å². The number of carbonyl (C=O) groups excluding carboxylic acids is 1. The van der Waals surface area contributed by atoms with Crippen LogP contribution in [0.3, 0.4) is 0 Å². The molecular weight excluding hydrogens is 344 g/mol. The standard InChI is InChI=1S/C18H19ClN2O2S/c1-20-9-4-6-14(17(20)22)18(23)21-10-8-16(24-12-11-21)13-5-2-3-7-15(13)19/h2-7,9,16H,8,10-12H2,1H3. The van der Waals surface area contributed by atoms with Crippen LogP contribution >= 0.6 is 23.4 Å². The van der Waals surface area contributed by atoms with Crippen molar-refractivity contribution in [2.24, 2.45) is 7.05 Å². The Morgan fingerprint density at radius 2 is 2.00 bits per heavy atom. The lowest BCUT2D eigenvalue weighted by Gasteiger charge is -2.20. The van der Waals surface area contributed by atoms with Gasteiger partial charge in [0.1, 0.15) is 5.56 Å². The van der Waals surface area contributed by atoms with E-state index in [9.17, 15) is 9.59 Å². The Morgan fingerprint density at radius 1 is 1.21 bits per heavy atom. The Labute approximate surface area is 150 Å². The summed E-state index contributed by atoms with van der Waals surface area (Å²) in [6.07, 6.45) is 2.48. The molecule has 1 aromatic carbocycles. The summed E-state index contributed by atoms with van der Waals surface area (Å²) >= 11 is 8.12. The maximum Gasteiger partial charge on any atom is 0.263 e. The van der Waals surface area contributed by atoms with E-state index in [-0.39, 0.29) is 22.3 Å². The minimum absolute atomic E-state index is 0.184. The van der Waals surface area contributed by atoms with Crippen LogP contribution in [0.4, 0.5) is 0 Å². The van der Waals surface area contributed by atoms with Crippen molar-refractivity contribution in [2.45, 2.75) is 11.7 Å². The number of aromatic nitrogens is 1. The van der Waals surface area contributed by atoms with E-state index in [1.165, 1.54) is 4.57 Å². The molecule has 6 heteroatoms. The molecule has 0 spiro atoms. The zero-order chi connectivity index (χ0) is 17.1. The molecule has 0 aliphatic carbocycles. The number of rotatable bonds is 2. The highest BCUT2D eigenvalue weighted by molar-refractivity contribution is 7.99. The summed E-state index contributed by atoms with van der Waals surface area (Å²) in [5, 5.41) is 1.04. The van der Waals surface area contributed by atoms with Crippen LogP contribution in [0, 0.1) is 0 Å². The summed E-state index contributed by atoms with van der Waals surface area (Å²) in [4.78, 5) is 26.7. The van der Waals surface area contributed by atoms with Crippen molar-refractivity contribution in [3.63, 3.8) is 0 Å². The molecule has 126 valence electrons. The first-order valence-corrected chi connectivity index (χ1v) is 9.31. The average molecular weight is 363 g/mol. The van der Waals surface area contributed by atoms with Gasteiger partial charge in [-0.2, -0.15) is 11.8 Å². The largest absolute Gasteiger partial charge is 0.338 e. The minimum atomic E-state index is -0.248. The maximum absolute atomic E-state index is 12.7. The van der Waals surface area contributed by atoms with Crippen molar-refractivity contribution >= 4 is 29.3 Å². The highest BCUT2D eigenvalue weighted by atomic mass is 35.5. The van der Waals surface area contributed by atoms with Gasteiger partial charge in [-0.05, 0) is 30.2 Å². The number of hydrogen-bond donors (Lipinski definition) is 0. The van der Waals surface area contributed by atoms with Crippen molar-refractivity contribution in [3.8, 4) is 0 Å². The fraction of sp³-hybridized carbons (Fsp3) is 0.333. The predicted octanol–water partition coefficient (Wildman–Crippen LogP) is 3.36. The molecule has 4 nitrogen and oxygen atoms in total. The van der Waals surface area contributed by atoms with Crippen LogP contribution in [0.1, 0.15) is 27.6 Å². The Balaban J connectivity index is 1.76. The lowest BCUT2D eigenvalue weighted by molar-refractivity contribution is 0.0764. The lowest BCUT2D eigenvalue weighted by Crippen LogP contribution is -2.37. The molecule has 1 aromatic heterocycles. The molecule has 0 radical (unpaired) electrons. The van der Waals surface area contributed by atoms with Crippen molar-refractivity contribution in [3.05, 3.63) is 69.1 Å². The molecular formula is C18H19ClN2O2S. The number of pyridine rings is 1. The number of halogens is 1. The second-order valence-corrected chi connectivity index (χ2v) is 7.52. The van der Waals surface area contributed by atoms with Gasteiger partial charge in [0, 0.05) is 42.4 Å². The summed E-state index contributed by atoms with van der Waals surface area (Å²) in [5.41, 5.74) is 1.11. The van der Waals surface area contributed by atoms with Gasteiger partial charge in [-0.25, -0.2) is 0 Å². The van der Waals surface area contributed by atoms with Crippen molar-refractivity contribution in [1.29, 1.82) is 0 Å². The van der Waals surface area contributed by atoms with Gasteiger partial charge < -0.3 is 9.47 Å². The first-order chi connectivity index (χ1) is 11.6. The van der Waals surface area contributed by atoms with Crippen LogP contribution in [0.25, 0.3) is 0 Å². The number of thioether (sulfide) groups is 1. The predicted molar refractivity (Wildman–Crippen MR) is 98.9 cm³/mol. The number of benzene rings is 1. The third-order valence-electron chi connectivity index (χ3n) is 4.23. The zero-order valence-corrected chi connectivity index (χ0v) is 15.0. The molecule has 1 saturated heterocycles. The number of hydrogen-bond acceptors (Lipinski definition) is 3. The normalized spacial score (nSPS) is 18.2. The molecule has 1 fully saturated rings. The molecule has 3 rings (SSSR count). The van der Waals surface area contributed by atoms with Gasteiger partial charge in [-0.3, -0.25) is 9.59 Å². The van der Waals surface area contributed by atoms with Crippen LogP contribution in [-0.2, 0) is 7.05 Å². The Kier molecular flexibility index (Phi) is 5.31. The quantitative estimate of drug-likeness (QED) is 0.822. The molecule has 2 aromatic rings. The highest BCUT2D eigenvalue weighted by Gasteiger charge is 2.25. The summed E-state index contributed by atoms with van der Waals surface area (Å²) in [7, 11) is 1.66. The van der Waals surface area contributed by atoms with Gasteiger partial charge in [-0.1, -0.05) is 29.8 Å². The summed E-state index contributed by atoms with van der Waals surface area (Å²) < 4.78 is 1.44. The number of aryl methyl sites for hydroxylation is 1. The molecule has 0 N–H and O–H groups in total. The van der Waals surface area contributed by atoms with E-state index in [1.54, 1.807) is 30.3 Å². The van der Waals surface area contributed by atoms with Crippen LogP contribution < -0.4 is 5.56 Å². The van der Waals surface area contributed by atoms with Gasteiger partial charge >= 0.3 is 0 Å². The van der Waals surface area contributed by atoms with Crippen LogP contribution in [0.2, 0.25) is 5.02 Å². The smallest absolute Gasteiger partial charge is 0.263 e. The molecule has 1 atom stereocenters. The zero-order valence-electron chi connectivity index (χ0n) is 13.4. The molecule has 0 saturated carbocycles. The number of amides is 1. The molecule has 1 unspecified atom stereocenters. The topological polar surface area (TPSA) is 42.3 Å². The molecule has 0 bridgehead atoms. The van der Waals surface area contributed by atoms with E-state index >= 15 is 0 Å². The lowest BCUT2D eigenvalue weighted by atomic mass is 10.1. The van der Waals surface area contributed by atoms with Crippen molar-refractivity contribution < 1.29 is 4.79 Å². The Bertz CT molecular complexity index is 806. The van der Waals surface area contributed by atoms with Crippen LogP contribution in [0.5, 0.6) is 0 Å². The summed E-state index contributed by atoms with van der Waals surface area (Å²) in [6.45, 7) is 1.27. The van der Waals surface area contributed by atoms with Gasteiger partial charge in [-0.15, -0.1) is 0 Å². The Hall–Kier alpha value is -1.72. The van der Waals surface area contributed by atoms with E-state index in [1.807, 2.05) is 36.0 Å². The third kappa shape index (κ3) is 3.52. The maximum atomic E-state index is 12.7. The minimum Gasteiger partial charge on any atom is -0.338 e. The monoisotopic (exact) mass is 362 g/mol. The molecule has 1 aliphatic heterocycles. The van der Waals surface area contributed by atoms with E-state index < -0.39 is 0 Å². The van der Waals surface area contributed by atoms with Gasteiger partial charge in [0.25, 0.3) is 11.5 Å². The van der Waals surface area contributed by atoms with Gasteiger partial charge in [0.2, 0.25) is 0 Å². The fourth-order valence-corrected chi connectivity index (χ4v) is 4.49. The fourth-order valence-electron chi connectivity index (χ4n) is 2.89. The highest BCUT2D eigenvalue weighted by Crippen LogP contribution is 2.37. The van der Waals surface area contributed by atoms with E-state index in [4.69, 9.17) is 11.6 Å². The molecule has 2 heterocycles. The number of carbonyl (C=O) groups is 1. The molecule has 1 aliphatic rings. The van der Waals surface area contributed by atoms with Crippen molar-refractivity contribution in [2.75, 3.05) is 18.8 Å². The summed E-state index contributed by atoms with van der Waals surface area (Å²) in [5.74, 6) is 0.644. The third-order valence-corrected chi connectivity index (χ3v) is 5.89.